The fraction of sp³-hybridized carbons (Fsp3) is 0.167. The Morgan fingerprint density at radius 1 is 1.30 bits per heavy atom. The molecule has 1 amide bonds. The number of nitrogens with zero attached hydrogens (tertiary/aromatic N) is 1. The number of aromatic nitrogens is 1. The standard InChI is InChI=1S/C12H13N3O4S/c1-7-11(8(2)19-15-7)12(16)14-9-5-3-4-6-10(9)20(13,17)18/h3-6H,1-2H3,(H,14,16)(H2,13,17,18). The molecule has 0 fully saturated rings. The number of sulfonamides is 1. The van der Waals surface area contributed by atoms with E-state index in [0.29, 0.717) is 11.5 Å². The van der Waals surface area contributed by atoms with E-state index in [-0.39, 0.29) is 16.1 Å². The number of hydrogen-bond donors (Lipinski definition) is 2. The van der Waals surface area contributed by atoms with Gasteiger partial charge in [-0.25, -0.2) is 13.6 Å². The predicted octanol–water partition coefficient (Wildman–Crippen LogP) is 1.19. The first-order valence-corrected chi connectivity index (χ1v) is 7.21. The summed E-state index contributed by atoms with van der Waals surface area (Å²) in [6, 6.07) is 5.89. The Hall–Kier alpha value is -2.19. The van der Waals surface area contributed by atoms with E-state index >= 15 is 0 Å². The summed E-state index contributed by atoms with van der Waals surface area (Å²) in [5, 5.41) is 11.3. The molecule has 0 spiro atoms. The molecule has 7 nitrogen and oxygen atoms in total. The molecule has 0 unspecified atom stereocenters. The average Bonchev–Trinajstić information content (AvgIpc) is 2.68. The molecule has 0 saturated heterocycles. The van der Waals surface area contributed by atoms with Crippen LogP contribution in [0.3, 0.4) is 0 Å². The summed E-state index contributed by atoms with van der Waals surface area (Å²) in [6.45, 7) is 3.22. The van der Waals surface area contributed by atoms with Crippen LogP contribution < -0.4 is 10.5 Å². The summed E-state index contributed by atoms with van der Waals surface area (Å²) >= 11 is 0. The summed E-state index contributed by atoms with van der Waals surface area (Å²) in [5.41, 5.74) is 0.808. The zero-order valence-corrected chi connectivity index (χ0v) is 11.7. The maximum Gasteiger partial charge on any atom is 0.261 e. The van der Waals surface area contributed by atoms with Gasteiger partial charge in [0.25, 0.3) is 5.91 Å². The van der Waals surface area contributed by atoms with E-state index < -0.39 is 15.9 Å². The van der Waals surface area contributed by atoms with Gasteiger partial charge >= 0.3 is 0 Å². The predicted molar refractivity (Wildman–Crippen MR) is 71.7 cm³/mol. The van der Waals surface area contributed by atoms with Gasteiger partial charge in [0.1, 0.15) is 16.2 Å². The van der Waals surface area contributed by atoms with Gasteiger partial charge in [0, 0.05) is 0 Å². The molecular weight excluding hydrogens is 282 g/mol. The molecule has 0 atom stereocenters. The van der Waals surface area contributed by atoms with Gasteiger partial charge in [-0.1, -0.05) is 17.3 Å². The van der Waals surface area contributed by atoms with Crippen LogP contribution in [0.25, 0.3) is 0 Å². The largest absolute Gasteiger partial charge is 0.361 e. The van der Waals surface area contributed by atoms with Crippen molar-refractivity contribution in [2.45, 2.75) is 18.7 Å². The first-order chi connectivity index (χ1) is 9.30. The van der Waals surface area contributed by atoms with Crippen LogP contribution >= 0.6 is 0 Å². The third-order valence-electron chi connectivity index (χ3n) is 2.70. The second-order valence-corrected chi connectivity index (χ2v) is 5.72. The number of anilines is 1. The Morgan fingerprint density at radius 2 is 1.95 bits per heavy atom. The normalized spacial score (nSPS) is 11.3. The number of aryl methyl sites for hydroxylation is 2. The first-order valence-electron chi connectivity index (χ1n) is 5.66. The summed E-state index contributed by atoms with van der Waals surface area (Å²) < 4.78 is 27.8. The van der Waals surface area contributed by atoms with Crippen molar-refractivity contribution < 1.29 is 17.7 Å². The second-order valence-electron chi connectivity index (χ2n) is 4.19. The van der Waals surface area contributed by atoms with Gasteiger partial charge < -0.3 is 9.84 Å². The topological polar surface area (TPSA) is 115 Å². The van der Waals surface area contributed by atoms with Crippen LogP contribution in [-0.2, 0) is 10.0 Å². The summed E-state index contributed by atoms with van der Waals surface area (Å²) in [4.78, 5) is 12.0. The van der Waals surface area contributed by atoms with Crippen molar-refractivity contribution in [2.24, 2.45) is 5.14 Å². The molecule has 3 N–H and O–H groups in total. The Kier molecular flexibility index (Phi) is 3.60. The fourth-order valence-electron chi connectivity index (χ4n) is 1.81. The summed E-state index contributed by atoms with van der Waals surface area (Å²) in [6.07, 6.45) is 0. The number of amides is 1. The number of para-hydroxylation sites is 1. The fourth-order valence-corrected chi connectivity index (χ4v) is 2.50. The van der Waals surface area contributed by atoms with Gasteiger partial charge in [-0.2, -0.15) is 0 Å². The van der Waals surface area contributed by atoms with Crippen molar-refractivity contribution in [2.75, 3.05) is 5.32 Å². The molecule has 1 heterocycles. The van der Waals surface area contributed by atoms with E-state index in [4.69, 9.17) is 9.66 Å². The Balaban J connectivity index is 2.39. The van der Waals surface area contributed by atoms with Crippen molar-refractivity contribution in [1.82, 2.24) is 5.16 Å². The molecule has 0 aliphatic carbocycles. The minimum Gasteiger partial charge on any atom is -0.361 e. The zero-order chi connectivity index (χ0) is 14.9. The third-order valence-corrected chi connectivity index (χ3v) is 3.67. The van der Waals surface area contributed by atoms with Crippen molar-refractivity contribution in [3.8, 4) is 0 Å². The Morgan fingerprint density at radius 3 is 2.50 bits per heavy atom. The van der Waals surface area contributed by atoms with Crippen LogP contribution in [-0.4, -0.2) is 19.5 Å². The molecule has 0 saturated carbocycles. The molecule has 8 heteroatoms. The van der Waals surface area contributed by atoms with Crippen LogP contribution in [0.15, 0.2) is 33.7 Å². The highest BCUT2D eigenvalue weighted by molar-refractivity contribution is 7.89. The quantitative estimate of drug-likeness (QED) is 0.882. The average molecular weight is 295 g/mol. The molecular formula is C12H13N3O4S. The van der Waals surface area contributed by atoms with E-state index in [9.17, 15) is 13.2 Å². The van der Waals surface area contributed by atoms with Crippen molar-refractivity contribution >= 4 is 21.6 Å². The van der Waals surface area contributed by atoms with E-state index in [2.05, 4.69) is 10.5 Å². The molecule has 1 aromatic carbocycles. The van der Waals surface area contributed by atoms with E-state index in [1.807, 2.05) is 0 Å². The van der Waals surface area contributed by atoms with Crippen LogP contribution in [0.1, 0.15) is 21.8 Å². The van der Waals surface area contributed by atoms with Crippen molar-refractivity contribution in [3.05, 3.63) is 41.3 Å². The van der Waals surface area contributed by atoms with Gasteiger partial charge in [-0.15, -0.1) is 0 Å². The molecule has 1 aromatic heterocycles. The van der Waals surface area contributed by atoms with Crippen molar-refractivity contribution in [1.29, 1.82) is 0 Å². The molecule has 20 heavy (non-hydrogen) atoms. The van der Waals surface area contributed by atoms with Crippen LogP contribution in [0.4, 0.5) is 5.69 Å². The number of hydrogen-bond acceptors (Lipinski definition) is 5. The number of benzene rings is 1. The minimum absolute atomic E-state index is 0.111. The summed E-state index contributed by atoms with van der Waals surface area (Å²) in [7, 11) is -3.92. The lowest BCUT2D eigenvalue weighted by atomic mass is 10.2. The van der Waals surface area contributed by atoms with Gasteiger partial charge in [-0.05, 0) is 26.0 Å². The minimum atomic E-state index is -3.92. The van der Waals surface area contributed by atoms with Crippen molar-refractivity contribution in [3.63, 3.8) is 0 Å². The Bertz CT molecular complexity index is 745. The molecule has 0 aliphatic heterocycles. The van der Waals surface area contributed by atoms with E-state index in [0.717, 1.165) is 0 Å². The van der Waals surface area contributed by atoms with Gasteiger partial charge in [0.05, 0.1) is 11.4 Å². The van der Waals surface area contributed by atoms with Crippen LogP contribution in [0.2, 0.25) is 0 Å². The SMILES string of the molecule is Cc1noc(C)c1C(=O)Nc1ccccc1S(N)(=O)=O. The number of carbonyl (C=O) groups is 1. The zero-order valence-electron chi connectivity index (χ0n) is 10.9. The van der Waals surface area contributed by atoms with Crippen LogP contribution in [0.5, 0.6) is 0 Å². The summed E-state index contributed by atoms with van der Waals surface area (Å²) in [5.74, 6) is -0.148. The molecule has 2 aromatic rings. The maximum absolute atomic E-state index is 12.1. The molecule has 0 aliphatic rings. The third kappa shape index (κ3) is 2.70. The second kappa shape index (κ2) is 5.06. The molecule has 2 rings (SSSR count). The molecule has 106 valence electrons. The number of nitrogens with two attached hydrogens (primary N) is 1. The molecule has 0 bridgehead atoms. The van der Waals surface area contributed by atoms with Gasteiger partial charge in [0.15, 0.2) is 0 Å². The monoisotopic (exact) mass is 295 g/mol. The highest BCUT2D eigenvalue weighted by Gasteiger charge is 2.20. The Labute approximate surface area is 115 Å². The number of rotatable bonds is 3. The highest BCUT2D eigenvalue weighted by Crippen LogP contribution is 2.21. The lowest BCUT2D eigenvalue weighted by molar-refractivity contribution is 0.102. The molecule has 0 radical (unpaired) electrons. The number of nitrogens with one attached hydrogen (secondary N) is 1. The highest BCUT2D eigenvalue weighted by atomic mass is 32.2. The van der Waals surface area contributed by atoms with Gasteiger partial charge in [0.2, 0.25) is 10.0 Å². The van der Waals surface area contributed by atoms with Crippen LogP contribution in [0, 0.1) is 13.8 Å². The lowest BCUT2D eigenvalue weighted by Gasteiger charge is -2.09. The first kappa shape index (κ1) is 14.2. The smallest absolute Gasteiger partial charge is 0.261 e. The lowest BCUT2D eigenvalue weighted by Crippen LogP contribution is -2.19. The van der Waals surface area contributed by atoms with E-state index in [1.165, 1.54) is 18.2 Å². The van der Waals surface area contributed by atoms with E-state index in [1.54, 1.807) is 19.9 Å². The number of carbonyl (C=O) groups excluding carboxylic acids is 1. The number of primary sulfonamides is 1. The van der Waals surface area contributed by atoms with Gasteiger partial charge in [-0.3, -0.25) is 4.79 Å². The maximum atomic E-state index is 12.1.